The minimum absolute atomic E-state index is 0.145. The molecule has 0 aliphatic carbocycles. The predicted octanol–water partition coefficient (Wildman–Crippen LogP) is 1.17. The molecule has 1 amide bonds. The van der Waals surface area contributed by atoms with Gasteiger partial charge in [0, 0.05) is 24.1 Å². The van der Waals surface area contributed by atoms with Crippen molar-refractivity contribution in [2.24, 2.45) is 0 Å². The highest BCUT2D eigenvalue weighted by molar-refractivity contribution is 7.44. The summed E-state index contributed by atoms with van der Waals surface area (Å²) in [5.74, 6) is -0.436. The highest BCUT2D eigenvalue weighted by Gasteiger charge is 2.65. The maximum absolute atomic E-state index is 11.7. The molecule has 6 atom stereocenters. The van der Waals surface area contributed by atoms with Gasteiger partial charge in [-0.05, 0) is 0 Å². The molecule has 2 N–H and O–H groups in total. The van der Waals surface area contributed by atoms with Gasteiger partial charge in [0.25, 0.3) is 7.82 Å². The van der Waals surface area contributed by atoms with Crippen LogP contribution in [0.3, 0.4) is 0 Å². The lowest BCUT2D eigenvalue weighted by Gasteiger charge is -2.58. The summed E-state index contributed by atoms with van der Waals surface area (Å²) < 4.78 is 40.4. The van der Waals surface area contributed by atoms with Crippen molar-refractivity contribution in [3.63, 3.8) is 0 Å². The number of rotatable bonds is 4. The van der Waals surface area contributed by atoms with Crippen LogP contribution < -0.4 is 10.2 Å². The standard InChI is InChI=1S/C17H34NO9PSi/c1-10(19)18-12-14(23-8)13-11(25-15(12)26-28(20,21)22)9-24-29(27-13,16(2,3)4)17(5,6)7/h11-15H,9H2,1-8H3,(H,18,19)(H2,20,21,22)/p-1. The fraction of sp³-hybridized carbons (Fsp3) is 0.941. The maximum Gasteiger partial charge on any atom is 0.349 e. The zero-order chi connectivity index (χ0) is 22.4. The van der Waals surface area contributed by atoms with Gasteiger partial charge in [0.05, 0.1) is 6.61 Å². The molecule has 0 aromatic heterocycles. The second-order valence-electron chi connectivity index (χ2n) is 9.55. The maximum atomic E-state index is 11.7. The number of methoxy groups -OCH3 is 1. The second kappa shape index (κ2) is 8.29. The summed E-state index contributed by atoms with van der Waals surface area (Å²) in [4.78, 5) is 32.2. The van der Waals surface area contributed by atoms with Gasteiger partial charge in [-0.1, -0.05) is 41.5 Å². The van der Waals surface area contributed by atoms with Crippen molar-refractivity contribution < 1.29 is 42.0 Å². The van der Waals surface area contributed by atoms with Crippen LogP contribution >= 0.6 is 7.82 Å². The van der Waals surface area contributed by atoms with Crippen LogP contribution in [0.15, 0.2) is 0 Å². The molecule has 0 radical (unpaired) electrons. The number of phosphoric acid groups is 1. The van der Waals surface area contributed by atoms with Crippen LogP contribution in [0.1, 0.15) is 48.5 Å². The molecule has 0 saturated carbocycles. The average molecular weight is 455 g/mol. The van der Waals surface area contributed by atoms with Gasteiger partial charge in [-0.2, -0.15) is 0 Å². The molecule has 0 bridgehead atoms. The van der Waals surface area contributed by atoms with Crippen LogP contribution in [-0.4, -0.2) is 63.7 Å². The zero-order valence-corrected chi connectivity index (χ0v) is 20.1. The van der Waals surface area contributed by atoms with Crippen molar-refractivity contribution in [3.05, 3.63) is 0 Å². The molecule has 2 heterocycles. The predicted molar refractivity (Wildman–Crippen MR) is 104 cm³/mol. The monoisotopic (exact) mass is 454 g/mol. The Hall–Kier alpha value is -0.363. The summed E-state index contributed by atoms with van der Waals surface area (Å²) in [5, 5.41) is 2.02. The van der Waals surface area contributed by atoms with Gasteiger partial charge in [-0.3, -0.25) is 13.9 Å². The average Bonchev–Trinajstić information content (AvgIpc) is 2.51. The Balaban J connectivity index is 2.44. The minimum atomic E-state index is -5.13. The third kappa shape index (κ3) is 5.11. The molecule has 2 fully saturated rings. The summed E-state index contributed by atoms with van der Waals surface area (Å²) >= 11 is 0. The summed E-state index contributed by atoms with van der Waals surface area (Å²) in [6.07, 6.45) is -3.59. The molecule has 10 nitrogen and oxygen atoms in total. The number of carbonyl (C=O) groups is 1. The summed E-state index contributed by atoms with van der Waals surface area (Å²) in [6.45, 7) is 13.8. The van der Waals surface area contributed by atoms with Crippen molar-refractivity contribution in [3.8, 4) is 0 Å². The molecule has 2 saturated heterocycles. The number of fused-ring (bicyclic) bond motifs is 1. The van der Waals surface area contributed by atoms with Gasteiger partial charge in [-0.25, -0.2) is 0 Å². The fourth-order valence-electron chi connectivity index (χ4n) is 4.41. The Kier molecular flexibility index (Phi) is 7.12. The van der Waals surface area contributed by atoms with Crippen LogP contribution in [0.4, 0.5) is 0 Å². The Morgan fingerprint density at radius 1 is 1.24 bits per heavy atom. The van der Waals surface area contributed by atoms with E-state index in [1.807, 2.05) is 0 Å². The number of ether oxygens (including phenoxy) is 2. The third-order valence-corrected chi connectivity index (χ3v) is 10.9. The SMILES string of the molecule is COC1C(NC(C)=O)C(OP(=O)([O-])O)OC2CO[Si](C(C)(C)C)(C(C)(C)C)OC21. The van der Waals surface area contributed by atoms with E-state index in [2.05, 4.69) is 46.9 Å². The number of hydrogen-bond acceptors (Lipinski definition) is 8. The van der Waals surface area contributed by atoms with Crippen molar-refractivity contribution in [2.45, 2.75) is 89.2 Å². The highest BCUT2D eigenvalue weighted by atomic mass is 31.2. The molecule has 170 valence electrons. The van der Waals surface area contributed by atoms with Gasteiger partial charge in [0.2, 0.25) is 5.91 Å². The van der Waals surface area contributed by atoms with Gasteiger partial charge in [0.1, 0.15) is 24.4 Å². The highest BCUT2D eigenvalue weighted by Crippen LogP contribution is 2.55. The van der Waals surface area contributed by atoms with E-state index in [-0.39, 0.29) is 16.7 Å². The number of phosphoric ester groups is 1. The second-order valence-corrected chi connectivity index (χ2v) is 15.5. The largest absolute Gasteiger partial charge is 0.756 e. The van der Waals surface area contributed by atoms with Crippen LogP contribution in [0.5, 0.6) is 0 Å². The third-order valence-electron chi connectivity index (χ3n) is 5.25. The van der Waals surface area contributed by atoms with E-state index in [9.17, 15) is 14.3 Å². The molecule has 29 heavy (non-hydrogen) atoms. The van der Waals surface area contributed by atoms with Crippen molar-refractivity contribution >= 4 is 22.3 Å². The van der Waals surface area contributed by atoms with Crippen LogP contribution in [0.2, 0.25) is 10.1 Å². The molecule has 6 unspecified atom stereocenters. The van der Waals surface area contributed by atoms with E-state index in [4.69, 9.17) is 27.7 Å². The van der Waals surface area contributed by atoms with Crippen molar-refractivity contribution in [1.29, 1.82) is 0 Å². The topological polar surface area (TPSA) is 136 Å². The lowest BCUT2D eigenvalue weighted by atomic mass is 9.96. The van der Waals surface area contributed by atoms with Gasteiger partial charge in [0.15, 0.2) is 6.29 Å². The first kappa shape index (κ1) is 24.9. The van der Waals surface area contributed by atoms with Crippen LogP contribution in [-0.2, 0) is 32.2 Å². The zero-order valence-electron chi connectivity index (χ0n) is 18.3. The van der Waals surface area contributed by atoms with Crippen molar-refractivity contribution in [1.82, 2.24) is 5.32 Å². The van der Waals surface area contributed by atoms with Gasteiger partial charge in [-0.15, -0.1) is 0 Å². The quantitative estimate of drug-likeness (QED) is 0.474. The van der Waals surface area contributed by atoms with E-state index in [0.717, 1.165) is 0 Å². The molecule has 12 heteroatoms. The lowest BCUT2D eigenvalue weighted by Crippen LogP contribution is -2.73. The Morgan fingerprint density at radius 2 is 1.79 bits per heavy atom. The van der Waals surface area contributed by atoms with E-state index < -0.39 is 52.9 Å². The van der Waals surface area contributed by atoms with E-state index in [1.165, 1.54) is 14.0 Å². The Bertz CT molecular complexity index is 642. The number of carbonyl (C=O) groups excluding carboxylic acids is 1. The normalized spacial score (nSPS) is 34.8. The molecular formula is C17H33NO9PSi-. The van der Waals surface area contributed by atoms with E-state index >= 15 is 0 Å². The molecule has 0 spiro atoms. The van der Waals surface area contributed by atoms with E-state index in [1.54, 1.807) is 0 Å². The lowest BCUT2D eigenvalue weighted by molar-refractivity contribution is -0.289. The summed E-state index contributed by atoms with van der Waals surface area (Å²) in [5.41, 5.74) is 0. The molecule has 0 aromatic rings. The van der Waals surface area contributed by atoms with Crippen LogP contribution in [0.25, 0.3) is 0 Å². The Labute approximate surface area is 173 Å². The molecule has 0 aromatic carbocycles. The van der Waals surface area contributed by atoms with Crippen molar-refractivity contribution in [2.75, 3.05) is 13.7 Å². The summed E-state index contributed by atoms with van der Waals surface area (Å²) in [7, 11) is -6.57. The molecule has 2 aliphatic heterocycles. The molecule has 2 aliphatic rings. The van der Waals surface area contributed by atoms with Crippen LogP contribution in [0, 0.1) is 0 Å². The van der Waals surface area contributed by atoms with Gasteiger partial charge >= 0.3 is 8.56 Å². The summed E-state index contributed by atoms with van der Waals surface area (Å²) in [6, 6.07) is -1.02. The number of hydrogen-bond donors (Lipinski definition) is 2. The number of amides is 1. The minimum Gasteiger partial charge on any atom is -0.756 e. The Morgan fingerprint density at radius 3 is 2.21 bits per heavy atom. The first-order valence-corrected chi connectivity index (χ1v) is 12.8. The first-order valence-electron chi connectivity index (χ1n) is 9.52. The number of nitrogens with one attached hydrogen (secondary N) is 1. The fourth-order valence-corrected chi connectivity index (χ4v) is 9.81. The molecule has 2 rings (SSSR count). The molecular weight excluding hydrogens is 421 g/mol. The van der Waals surface area contributed by atoms with E-state index in [0.29, 0.717) is 0 Å². The van der Waals surface area contributed by atoms with Gasteiger partial charge < -0.3 is 33.4 Å². The smallest absolute Gasteiger partial charge is 0.349 e. The first-order chi connectivity index (χ1) is 13.0.